The number of benzene rings is 1. The van der Waals surface area contributed by atoms with Gasteiger partial charge in [0.25, 0.3) is 0 Å². The van der Waals surface area contributed by atoms with Crippen molar-refractivity contribution in [2.24, 2.45) is 11.8 Å². The van der Waals surface area contributed by atoms with Gasteiger partial charge in [-0.1, -0.05) is 51.4 Å². The van der Waals surface area contributed by atoms with Crippen molar-refractivity contribution in [1.29, 1.82) is 0 Å². The summed E-state index contributed by atoms with van der Waals surface area (Å²) in [7, 11) is 0. The predicted octanol–water partition coefficient (Wildman–Crippen LogP) is 4.85. The van der Waals surface area contributed by atoms with Crippen molar-refractivity contribution in [3.8, 4) is 0 Å². The summed E-state index contributed by atoms with van der Waals surface area (Å²) in [6.45, 7) is 12.1. The molecule has 0 spiro atoms. The topological polar surface area (TPSA) is 12.0 Å². The molecule has 0 saturated heterocycles. The molecular weight excluding hydrogens is 254 g/mol. The summed E-state index contributed by atoms with van der Waals surface area (Å²) in [6.07, 6.45) is 2.31. The molecule has 0 radical (unpaired) electrons. The molecule has 1 atom stereocenters. The molecule has 0 amide bonds. The Morgan fingerprint density at radius 3 is 2.37 bits per heavy atom. The zero-order valence-corrected chi connectivity index (χ0v) is 13.7. The molecule has 0 heterocycles. The van der Waals surface area contributed by atoms with E-state index in [9.17, 15) is 0 Å². The average molecular weight is 282 g/mol. The Morgan fingerprint density at radius 2 is 1.84 bits per heavy atom. The Kier molecular flexibility index (Phi) is 6.88. The summed E-state index contributed by atoms with van der Waals surface area (Å²) in [4.78, 5) is 0. The maximum Gasteiger partial charge on any atom is 0.0440 e. The number of nitrogens with one attached hydrogen (secondary N) is 1. The van der Waals surface area contributed by atoms with Crippen LogP contribution in [0.25, 0.3) is 0 Å². The first-order valence-corrected chi connectivity index (χ1v) is 7.74. The molecule has 1 nitrogen and oxygen atoms in total. The molecule has 1 rings (SSSR count). The summed E-state index contributed by atoms with van der Waals surface area (Å²) in [5, 5.41) is 4.47. The lowest BCUT2D eigenvalue weighted by Crippen LogP contribution is -2.30. The second kappa shape index (κ2) is 7.91. The van der Waals surface area contributed by atoms with Crippen molar-refractivity contribution >= 4 is 11.6 Å². The minimum Gasteiger partial charge on any atom is -0.314 e. The molecule has 1 aromatic rings. The van der Waals surface area contributed by atoms with Crippen LogP contribution in [0.3, 0.4) is 0 Å². The van der Waals surface area contributed by atoms with Gasteiger partial charge in [-0.15, -0.1) is 0 Å². The molecule has 0 aliphatic heterocycles. The van der Waals surface area contributed by atoms with Crippen molar-refractivity contribution in [3.05, 3.63) is 34.3 Å². The fourth-order valence-electron chi connectivity index (χ4n) is 2.44. The molecule has 1 unspecified atom stereocenters. The molecule has 0 aromatic heterocycles. The highest BCUT2D eigenvalue weighted by Gasteiger charge is 2.14. The quantitative estimate of drug-likeness (QED) is 0.753. The fraction of sp³-hybridized carbons (Fsp3) is 0.647. The highest BCUT2D eigenvalue weighted by atomic mass is 35.5. The molecule has 1 aromatic carbocycles. The van der Waals surface area contributed by atoms with Crippen LogP contribution >= 0.6 is 11.6 Å². The molecule has 0 saturated carbocycles. The van der Waals surface area contributed by atoms with Gasteiger partial charge in [-0.2, -0.15) is 0 Å². The average Bonchev–Trinajstić information content (AvgIpc) is 2.28. The second-order valence-corrected chi connectivity index (χ2v) is 6.76. The van der Waals surface area contributed by atoms with Gasteiger partial charge in [0.2, 0.25) is 0 Å². The fourth-order valence-corrected chi connectivity index (χ4v) is 2.75. The van der Waals surface area contributed by atoms with E-state index in [-0.39, 0.29) is 0 Å². The number of hydrogen-bond acceptors (Lipinski definition) is 1. The van der Waals surface area contributed by atoms with E-state index < -0.39 is 0 Å². The van der Waals surface area contributed by atoms with Gasteiger partial charge in [0.1, 0.15) is 0 Å². The van der Waals surface area contributed by atoms with Gasteiger partial charge < -0.3 is 5.32 Å². The standard InChI is InChI=1S/C17H28ClN/c1-12(2)8-15(11-19-13(3)4)10-16-7-6-14(5)9-17(16)18/h6-7,9,12-13,15,19H,8,10-11H2,1-5H3. The van der Waals surface area contributed by atoms with Gasteiger partial charge in [-0.25, -0.2) is 0 Å². The van der Waals surface area contributed by atoms with Gasteiger partial charge in [-0.3, -0.25) is 0 Å². The van der Waals surface area contributed by atoms with Gasteiger partial charge in [0.15, 0.2) is 0 Å². The minimum absolute atomic E-state index is 0.545. The van der Waals surface area contributed by atoms with Crippen LogP contribution < -0.4 is 5.32 Å². The number of aryl methyl sites for hydroxylation is 1. The monoisotopic (exact) mass is 281 g/mol. The first kappa shape index (κ1) is 16.5. The second-order valence-electron chi connectivity index (χ2n) is 6.36. The van der Waals surface area contributed by atoms with Crippen molar-refractivity contribution in [2.75, 3.05) is 6.54 Å². The van der Waals surface area contributed by atoms with Crippen molar-refractivity contribution in [3.63, 3.8) is 0 Å². The molecule has 0 aliphatic rings. The Bertz CT molecular complexity index is 385. The van der Waals surface area contributed by atoms with E-state index in [1.807, 2.05) is 0 Å². The van der Waals surface area contributed by atoms with Crippen molar-refractivity contribution in [1.82, 2.24) is 5.32 Å². The van der Waals surface area contributed by atoms with Gasteiger partial charge in [-0.05, 0) is 55.3 Å². The summed E-state index contributed by atoms with van der Waals surface area (Å²) < 4.78 is 0. The molecule has 2 heteroatoms. The molecular formula is C17H28ClN. The maximum absolute atomic E-state index is 6.35. The molecule has 0 aliphatic carbocycles. The highest BCUT2D eigenvalue weighted by molar-refractivity contribution is 6.31. The maximum atomic E-state index is 6.35. The van der Waals surface area contributed by atoms with Gasteiger partial charge in [0.05, 0.1) is 0 Å². The lowest BCUT2D eigenvalue weighted by Gasteiger charge is -2.22. The van der Waals surface area contributed by atoms with E-state index in [0.29, 0.717) is 12.0 Å². The van der Waals surface area contributed by atoms with E-state index in [0.717, 1.165) is 23.9 Å². The van der Waals surface area contributed by atoms with E-state index >= 15 is 0 Å². The lowest BCUT2D eigenvalue weighted by atomic mass is 9.90. The van der Waals surface area contributed by atoms with Gasteiger partial charge >= 0.3 is 0 Å². The molecule has 108 valence electrons. The normalized spacial score (nSPS) is 13.3. The van der Waals surface area contributed by atoms with Gasteiger partial charge in [0, 0.05) is 11.1 Å². The van der Waals surface area contributed by atoms with Crippen LogP contribution in [0.1, 0.15) is 45.2 Å². The Labute approximate surface area is 123 Å². The Hall–Kier alpha value is -0.530. The molecule has 1 N–H and O–H groups in total. The molecule has 0 fully saturated rings. The third kappa shape index (κ3) is 6.44. The minimum atomic E-state index is 0.545. The molecule has 0 bridgehead atoms. The van der Waals surface area contributed by atoms with Crippen molar-refractivity contribution in [2.45, 2.75) is 53.5 Å². The van der Waals surface area contributed by atoms with E-state index in [1.165, 1.54) is 17.5 Å². The smallest absolute Gasteiger partial charge is 0.0440 e. The van der Waals surface area contributed by atoms with Crippen LogP contribution in [-0.4, -0.2) is 12.6 Å². The van der Waals surface area contributed by atoms with Crippen LogP contribution in [0.2, 0.25) is 5.02 Å². The highest BCUT2D eigenvalue weighted by Crippen LogP contribution is 2.23. The lowest BCUT2D eigenvalue weighted by molar-refractivity contribution is 0.373. The zero-order valence-electron chi connectivity index (χ0n) is 13.0. The first-order chi connectivity index (χ1) is 8.88. The predicted molar refractivity (Wildman–Crippen MR) is 86.0 cm³/mol. The summed E-state index contributed by atoms with van der Waals surface area (Å²) in [6, 6.07) is 6.95. The van der Waals surface area contributed by atoms with Crippen LogP contribution in [0.5, 0.6) is 0 Å². The largest absolute Gasteiger partial charge is 0.314 e. The Balaban J connectivity index is 2.69. The zero-order chi connectivity index (χ0) is 14.4. The first-order valence-electron chi connectivity index (χ1n) is 7.37. The van der Waals surface area contributed by atoms with E-state index in [4.69, 9.17) is 11.6 Å². The van der Waals surface area contributed by atoms with Crippen LogP contribution in [-0.2, 0) is 6.42 Å². The Morgan fingerprint density at radius 1 is 1.16 bits per heavy atom. The van der Waals surface area contributed by atoms with Crippen LogP contribution in [0.15, 0.2) is 18.2 Å². The number of halogens is 1. The summed E-state index contributed by atoms with van der Waals surface area (Å²) in [5.41, 5.74) is 2.51. The van der Waals surface area contributed by atoms with Crippen LogP contribution in [0, 0.1) is 18.8 Å². The van der Waals surface area contributed by atoms with Crippen molar-refractivity contribution < 1.29 is 0 Å². The third-order valence-electron chi connectivity index (χ3n) is 3.34. The third-order valence-corrected chi connectivity index (χ3v) is 3.69. The van der Waals surface area contributed by atoms with E-state index in [1.54, 1.807) is 0 Å². The molecule has 19 heavy (non-hydrogen) atoms. The van der Waals surface area contributed by atoms with E-state index in [2.05, 4.69) is 58.1 Å². The van der Waals surface area contributed by atoms with Crippen LogP contribution in [0.4, 0.5) is 0 Å². The summed E-state index contributed by atoms with van der Waals surface area (Å²) >= 11 is 6.35. The number of rotatable bonds is 7. The number of hydrogen-bond donors (Lipinski definition) is 1. The SMILES string of the molecule is Cc1ccc(CC(CNC(C)C)CC(C)C)c(Cl)c1. The summed E-state index contributed by atoms with van der Waals surface area (Å²) in [5.74, 6) is 1.38.